The minimum atomic E-state index is -4.67. The molecule has 0 fully saturated rings. The maximum Gasteiger partial charge on any atom is 0.406 e. The molecule has 2 rings (SSSR count). The molecule has 0 unspecified atom stereocenters. The van der Waals surface area contributed by atoms with Crippen molar-refractivity contribution in [2.75, 3.05) is 27.2 Å². The molecule has 0 saturated heterocycles. The van der Waals surface area contributed by atoms with Crippen molar-refractivity contribution in [1.29, 1.82) is 0 Å². The quantitative estimate of drug-likeness (QED) is 0.777. The van der Waals surface area contributed by atoms with Crippen LogP contribution in [0.1, 0.15) is 5.56 Å². The first kappa shape index (κ1) is 18.0. The topological polar surface area (TPSA) is 49.9 Å². The molecule has 0 spiro atoms. The molecule has 1 aliphatic heterocycles. The summed E-state index contributed by atoms with van der Waals surface area (Å²) in [6, 6.07) is 4.09. The van der Waals surface area contributed by atoms with Crippen molar-refractivity contribution in [1.82, 2.24) is 9.80 Å². The molecule has 0 saturated carbocycles. The van der Waals surface area contributed by atoms with E-state index >= 15 is 0 Å². The number of rotatable bonds is 4. The number of benzene rings is 1. The lowest BCUT2D eigenvalue weighted by atomic mass is 10.1. The van der Waals surface area contributed by atoms with E-state index in [4.69, 9.17) is 4.74 Å². The summed E-state index contributed by atoms with van der Waals surface area (Å²) in [5, 5.41) is 0. The number of hydrogen-bond donors (Lipinski definition) is 0. The first-order chi connectivity index (χ1) is 11.1. The lowest BCUT2D eigenvalue weighted by Gasteiger charge is -2.26. The Morgan fingerprint density at radius 3 is 2.50 bits per heavy atom. The van der Waals surface area contributed by atoms with Crippen LogP contribution in [0.15, 0.2) is 18.2 Å². The van der Waals surface area contributed by atoms with Crippen LogP contribution in [0, 0.1) is 5.82 Å². The maximum atomic E-state index is 13.6. The molecule has 1 aromatic carbocycles. The van der Waals surface area contributed by atoms with Crippen LogP contribution in [0.2, 0.25) is 0 Å². The molecular weight excluding hydrogens is 332 g/mol. The van der Waals surface area contributed by atoms with Crippen LogP contribution in [-0.4, -0.2) is 61.1 Å². The highest BCUT2D eigenvalue weighted by Crippen LogP contribution is 2.32. The van der Waals surface area contributed by atoms with E-state index in [0.717, 1.165) is 11.0 Å². The van der Waals surface area contributed by atoms with E-state index in [-0.39, 0.29) is 12.2 Å². The van der Waals surface area contributed by atoms with E-state index in [1.807, 2.05) is 0 Å². The van der Waals surface area contributed by atoms with Crippen molar-refractivity contribution in [3.63, 3.8) is 0 Å². The third-order valence-electron chi connectivity index (χ3n) is 3.50. The molecule has 1 heterocycles. The van der Waals surface area contributed by atoms with Gasteiger partial charge in [0.1, 0.15) is 13.1 Å². The summed E-state index contributed by atoms with van der Waals surface area (Å²) in [6.07, 6.45) is -6.00. The molecule has 5 nitrogen and oxygen atoms in total. The van der Waals surface area contributed by atoms with Gasteiger partial charge in [0.25, 0.3) is 5.91 Å². The van der Waals surface area contributed by atoms with Gasteiger partial charge in [-0.15, -0.1) is 0 Å². The highest BCUT2D eigenvalue weighted by Gasteiger charge is 2.39. The van der Waals surface area contributed by atoms with Gasteiger partial charge in [0.05, 0.1) is 0 Å². The van der Waals surface area contributed by atoms with Gasteiger partial charge in [-0.05, 0) is 6.07 Å². The SMILES string of the molecule is CN(C)C(=O)CN(CC(F)(F)F)C(=O)[C@H]1Cc2cccc(F)c2O1. The minimum absolute atomic E-state index is 0.0452. The fourth-order valence-corrected chi connectivity index (χ4v) is 2.30. The average molecular weight is 348 g/mol. The molecule has 132 valence electrons. The molecule has 1 aliphatic rings. The van der Waals surface area contributed by atoms with Gasteiger partial charge in [0, 0.05) is 26.1 Å². The number of carbonyl (C=O) groups excluding carboxylic acids is 2. The Bertz CT molecular complexity index is 646. The van der Waals surface area contributed by atoms with Crippen LogP contribution < -0.4 is 4.74 Å². The predicted octanol–water partition coefficient (Wildman–Crippen LogP) is 1.61. The van der Waals surface area contributed by atoms with Gasteiger partial charge in [-0.1, -0.05) is 12.1 Å². The maximum absolute atomic E-state index is 13.6. The molecule has 2 amide bonds. The molecule has 0 N–H and O–H groups in total. The Morgan fingerprint density at radius 2 is 1.96 bits per heavy atom. The van der Waals surface area contributed by atoms with Crippen LogP contribution >= 0.6 is 0 Å². The Morgan fingerprint density at radius 1 is 1.29 bits per heavy atom. The van der Waals surface area contributed by atoms with Gasteiger partial charge in [-0.2, -0.15) is 13.2 Å². The number of hydrogen-bond acceptors (Lipinski definition) is 3. The number of amides is 2. The second kappa shape index (κ2) is 6.66. The Hall–Kier alpha value is -2.32. The zero-order chi connectivity index (χ0) is 18.1. The average Bonchev–Trinajstić information content (AvgIpc) is 2.89. The number of fused-ring (bicyclic) bond motifs is 1. The second-order valence-corrected chi connectivity index (χ2v) is 5.64. The summed E-state index contributed by atoms with van der Waals surface area (Å²) in [6.45, 7) is -2.31. The van der Waals surface area contributed by atoms with Crippen molar-refractivity contribution in [2.45, 2.75) is 18.7 Å². The zero-order valence-corrected chi connectivity index (χ0v) is 13.1. The Kier molecular flexibility index (Phi) is 5.00. The molecule has 0 aromatic heterocycles. The first-order valence-corrected chi connectivity index (χ1v) is 7.08. The normalized spacial score (nSPS) is 16.3. The zero-order valence-electron chi connectivity index (χ0n) is 13.1. The number of nitrogens with zero attached hydrogens (tertiary/aromatic N) is 2. The molecule has 0 bridgehead atoms. The first-order valence-electron chi connectivity index (χ1n) is 7.08. The lowest BCUT2D eigenvalue weighted by Crippen LogP contribution is -2.49. The summed E-state index contributed by atoms with van der Waals surface area (Å²) in [7, 11) is 2.74. The van der Waals surface area contributed by atoms with Gasteiger partial charge in [-0.3, -0.25) is 9.59 Å². The Balaban J connectivity index is 2.16. The molecule has 1 aromatic rings. The third kappa shape index (κ3) is 4.15. The lowest BCUT2D eigenvalue weighted by molar-refractivity contribution is -0.167. The van der Waals surface area contributed by atoms with Crippen molar-refractivity contribution < 1.29 is 31.9 Å². The van der Waals surface area contributed by atoms with Crippen molar-refractivity contribution in [2.24, 2.45) is 0 Å². The van der Waals surface area contributed by atoms with Gasteiger partial charge >= 0.3 is 6.18 Å². The minimum Gasteiger partial charge on any atom is -0.477 e. The van der Waals surface area contributed by atoms with Gasteiger partial charge in [0.2, 0.25) is 5.91 Å². The van der Waals surface area contributed by atoms with Crippen LogP contribution in [0.4, 0.5) is 17.6 Å². The molecular formula is C15H16F4N2O3. The van der Waals surface area contributed by atoms with Crippen LogP contribution in [0.25, 0.3) is 0 Å². The van der Waals surface area contributed by atoms with Crippen molar-refractivity contribution in [3.05, 3.63) is 29.6 Å². The van der Waals surface area contributed by atoms with E-state index < -0.39 is 43.0 Å². The van der Waals surface area contributed by atoms with Crippen LogP contribution in [0.3, 0.4) is 0 Å². The number of halogens is 4. The van der Waals surface area contributed by atoms with E-state index in [1.54, 1.807) is 0 Å². The smallest absolute Gasteiger partial charge is 0.406 e. The summed E-state index contributed by atoms with van der Waals surface area (Å²) < 4.78 is 56.9. The molecule has 24 heavy (non-hydrogen) atoms. The molecule has 0 aliphatic carbocycles. The fourth-order valence-electron chi connectivity index (χ4n) is 2.30. The number of likely N-dealkylation sites (N-methyl/N-ethyl adjacent to an activating group) is 1. The summed E-state index contributed by atoms with van der Waals surface area (Å²) in [5.74, 6) is -2.48. The van der Waals surface area contributed by atoms with Crippen LogP contribution in [0.5, 0.6) is 5.75 Å². The molecule has 0 radical (unpaired) electrons. The summed E-state index contributed by atoms with van der Waals surface area (Å²) in [5.41, 5.74) is 0.402. The molecule has 9 heteroatoms. The van der Waals surface area contributed by atoms with E-state index in [0.29, 0.717) is 10.5 Å². The van der Waals surface area contributed by atoms with Crippen molar-refractivity contribution >= 4 is 11.8 Å². The van der Waals surface area contributed by atoms with Gasteiger partial charge < -0.3 is 14.5 Å². The number of para-hydroxylation sites is 1. The van der Waals surface area contributed by atoms with Gasteiger partial charge in [0.15, 0.2) is 17.7 Å². The van der Waals surface area contributed by atoms with E-state index in [2.05, 4.69) is 0 Å². The van der Waals surface area contributed by atoms with E-state index in [1.165, 1.54) is 26.2 Å². The highest BCUT2D eigenvalue weighted by molar-refractivity contribution is 5.87. The predicted molar refractivity (Wildman–Crippen MR) is 75.8 cm³/mol. The van der Waals surface area contributed by atoms with Crippen LogP contribution in [-0.2, 0) is 16.0 Å². The van der Waals surface area contributed by atoms with Gasteiger partial charge in [-0.25, -0.2) is 4.39 Å². The van der Waals surface area contributed by atoms with Crippen molar-refractivity contribution in [3.8, 4) is 5.75 Å². The molecule has 1 atom stereocenters. The highest BCUT2D eigenvalue weighted by atomic mass is 19.4. The number of ether oxygens (including phenoxy) is 1. The second-order valence-electron chi connectivity index (χ2n) is 5.64. The number of alkyl halides is 3. The summed E-state index contributed by atoms with van der Waals surface area (Å²) in [4.78, 5) is 25.5. The number of carbonyl (C=O) groups is 2. The summed E-state index contributed by atoms with van der Waals surface area (Å²) >= 11 is 0. The Labute approximate surface area is 135 Å². The fraction of sp³-hybridized carbons (Fsp3) is 0.467. The largest absolute Gasteiger partial charge is 0.477 e. The van der Waals surface area contributed by atoms with E-state index in [9.17, 15) is 27.2 Å². The monoisotopic (exact) mass is 348 g/mol. The third-order valence-corrected chi connectivity index (χ3v) is 3.50. The standard InChI is InChI=1S/C15H16F4N2O3/c1-20(2)12(22)7-21(8-15(17,18)19)14(23)11-6-9-4-3-5-10(16)13(9)24-11/h3-5,11H,6-8H2,1-2H3/t11-/m1/s1.